The molecule has 2 atom stereocenters. The summed E-state index contributed by atoms with van der Waals surface area (Å²) >= 11 is 5.92. The number of halogens is 2. The molecule has 17 heavy (non-hydrogen) atoms. The average Bonchev–Trinajstić information content (AvgIpc) is 2.28. The fourth-order valence-corrected chi connectivity index (χ4v) is 2.98. The summed E-state index contributed by atoms with van der Waals surface area (Å²) in [6.07, 6.45) is 4.70. The van der Waals surface area contributed by atoms with Gasteiger partial charge in [0.15, 0.2) is 0 Å². The van der Waals surface area contributed by atoms with E-state index in [0.717, 1.165) is 18.4 Å². The Morgan fingerprint density at radius 2 is 2.00 bits per heavy atom. The fraction of sp³-hybridized carbons (Fsp3) is 0.571. The van der Waals surface area contributed by atoms with E-state index in [2.05, 4.69) is 19.0 Å². The molecule has 94 valence electrons. The Hall–Kier alpha value is -0.600. The van der Waals surface area contributed by atoms with Gasteiger partial charge in [0.2, 0.25) is 0 Å². The van der Waals surface area contributed by atoms with Gasteiger partial charge in [-0.1, -0.05) is 18.0 Å². The summed E-state index contributed by atoms with van der Waals surface area (Å²) in [5, 5.41) is 0.506. The van der Waals surface area contributed by atoms with Crippen molar-refractivity contribution in [2.24, 2.45) is 0 Å². The summed E-state index contributed by atoms with van der Waals surface area (Å²) in [5.74, 6) is 0.226. The molecule has 0 bridgehead atoms. The van der Waals surface area contributed by atoms with Crippen LogP contribution in [0.2, 0.25) is 5.02 Å². The largest absolute Gasteiger partial charge is 0.306 e. The van der Waals surface area contributed by atoms with Crippen molar-refractivity contribution in [3.63, 3.8) is 0 Å². The van der Waals surface area contributed by atoms with Gasteiger partial charge in [0.1, 0.15) is 5.82 Å². The van der Waals surface area contributed by atoms with Crippen molar-refractivity contribution in [1.82, 2.24) is 4.90 Å². The minimum atomic E-state index is -0.223. The minimum Gasteiger partial charge on any atom is -0.306 e. The van der Waals surface area contributed by atoms with Crippen molar-refractivity contribution in [3.8, 4) is 0 Å². The second-order valence-electron chi connectivity index (χ2n) is 5.18. The van der Waals surface area contributed by atoms with Gasteiger partial charge in [-0.25, -0.2) is 4.39 Å². The number of benzene rings is 1. The van der Waals surface area contributed by atoms with Crippen LogP contribution in [0.1, 0.15) is 37.2 Å². The molecule has 1 aliphatic carbocycles. The van der Waals surface area contributed by atoms with Crippen LogP contribution in [0.5, 0.6) is 0 Å². The van der Waals surface area contributed by atoms with E-state index < -0.39 is 0 Å². The standard InChI is InChI=1S/C14H19ClFN/c1-17(2)14-5-3-4-10(8-14)11-6-12(15)9-13(16)7-11/h6-7,9-10,14H,3-5,8H2,1-2H3. The van der Waals surface area contributed by atoms with Crippen molar-refractivity contribution in [1.29, 1.82) is 0 Å². The predicted octanol–water partition coefficient (Wildman–Crippen LogP) is 4.07. The first-order valence-corrected chi connectivity index (χ1v) is 6.56. The Balaban J connectivity index is 2.16. The molecular weight excluding hydrogens is 237 g/mol. The molecule has 1 aromatic rings. The van der Waals surface area contributed by atoms with Crippen LogP contribution in [0.4, 0.5) is 4.39 Å². The van der Waals surface area contributed by atoms with E-state index in [0.29, 0.717) is 17.0 Å². The lowest BCUT2D eigenvalue weighted by atomic mass is 9.81. The second-order valence-corrected chi connectivity index (χ2v) is 5.62. The van der Waals surface area contributed by atoms with Gasteiger partial charge >= 0.3 is 0 Å². The first-order valence-electron chi connectivity index (χ1n) is 6.18. The summed E-state index contributed by atoms with van der Waals surface area (Å²) in [5.41, 5.74) is 1.06. The van der Waals surface area contributed by atoms with E-state index in [1.807, 2.05) is 6.07 Å². The van der Waals surface area contributed by atoms with Crippen LogP contribution in [0.15, 0.2) is 18.2 Å². The van der Waals surface area contributed by atoms with E-state index >= 15 is 0 Å². The zero-order valence-electron chi connectivity index (χ0n) is 10.4. The molecule has 0 spiro atoms. The van der Waals surface area contributed by atoms with Crippen molar-refractivity contribution in [2.45, 2.75) is 37.6 Å². The summed E-state index contributed by atoms with van der Waals surface area (Å²) in [4.78, 5) is 2.27. The van der Waals surface area contributed by atoms with E-state index in [4.69, 9.17) is 11.6 Å². The average molecular weight is 256 g/mol. The highest BCUT2D eigenvalue weighted by Crippen LogP contribution is 2.35. The Kier molecular flexibility index (Phi) is 4.05. The summed E-state index contributed by atoms with van der Waals surface area (Å²) in [7, 11) is 4.23. The van der Waals surface area contributed by atoms with Crippen LogP contribution in [-0.2, 0) is 0 Å². The molecule has 3 heteroatoms. The quantitative estimate of drug-likeness (QED) is 0.770. The molecule has 2 rings (SSSR count). The maximum atomic E-state index is 13.3. The molecule has 0 amide bonds. The SMILES string of the molecule is CN(C)C1CCCC(c2cc(F)cc(Cl)c2)C1. The zero-order valence-corrected chi connectivity index (χ0v) is 11.2. The maximum Gasteiger partial charge on any atom is 0.124 e. The third-order valence-corrected chi connectivity index (χ3v) is 3.95. The van der Waals surface area contributed by atoms with E-state index in [9.17, 15) is 4.39 Å². The summed E-state index contributed by atoms with van der Waals surface area (Å²) in [6.45, 7) is 0. The Bertz CT molecular complexity index is 372. The first kappa shape index (κ1) is 12.8. The molecule has 1 fully saturated rings. The van der Waals surface area contributed by atoms with Gasteiger partial charge in [0, 0.05) is 11.1 Å². The van der Waals surface area contributed by atoms with E-state index in [1.165, 1.54) is 18.9 Å². The van der Waals surface area contributed by atoms with Gasteiger partial charge in [0.05, 0.1) is 0 Å². The molecule has 0 aromatic heterocycles. The van der Waals surface area contributed by atoms with Crippen molar-refractivity contribution in [3.05, 3.63) is 34.6 Å². The Labute approximate surface area is 108 Å². The van der Waals surface area contributed by atoms with E-state index in [1.54, 1.807) is 6.07 Å². The molecule has 1 nitrogen and oxygen atoms in total. The predicted molar refractivity (Wildman–Crippen MR) is 70.1 cm³/mol. The van der Waals surface area contributed by atoms with Gasteiger partial charge in [-0.15, -0.1) is 0 Å². The van der Waals surface area contributed by atoms with Crippen molar-refractivity contribution in [2.75, 3.05) is 14.1 Å². The highest BCUT2D eigenvalue weighted by atomic mass is 35.5. The molecule has 0 aliphatic heterocycles. The topological polar surface area (TPSA) is 3.24 Å². The van der Waals surface area contributed by atoms with Crippen molar-refractivity contribution < 1.29 is 4.39 Å². The molecule has 1 aromatic carbocycles. The van der Waals surface area contributed by atoms with Crippen LogP contribution in [0.3, 0.4) is 0 Å². The Morgan fingerprint density at radius 3 is 2.65 bits per heavy atom. The number of hydrogen-bond donors (Lipinski definition) is 0. The van der Waals surface area contributed by atoms with Gasteiger partial charge in [-0.3, -0.25) is 0 Å². The summed E-state index contributed by atoms with van der Waals surface area (Å²) < 4.78 is 13.3. The smallest absolute Gasteiger partial charge is 0.124 e. The van der Waals surface area contributed by atoms with Crippen LogP contribution in [0.25, 0.3) is 0 Å². The van der Waals surface area contributed by atoms with Gasteiger partial charge in [0.25, 0.3) is 0 Å². The summed E-state index contributed by atoms with van der Waals surface area (Å²) in [6, 6.07) is 5.52. The zero-order chi connectivity index (χ0) is 12.4. The molecule has 0 saturated heterocycles. The van der Waals surface area contributed by atoms with Crippen LogP contribution < -0.4 is 0 Å². The highest BCUT2D eigenvalue weighted by Gasteiger charge is 2.24. The number of nitrogens with zero attached hydrogens (tertiary/aromatic N) is 1. The lowest BCUT2D eigenvalue weighted by Crippen LogP contribution is -2.32. The molecule has 1 aliphatic rings. The third-order valence-electron chi connectivity index (χ3n) is 3.73. The fourth-order valence-electron chi connectivity index (χ4n) is 2.75. The van der Waals surface area contributed by atoms with E-state index in [-0.39, 0.29) is 5.82 Å². The lowest BCUT2D eigenvalue weighted by Gasteiger charge is -2.33. The van der Waals surface area contributed by atoms with Crippen molar-refractivity contribution >= 4 is 11.6 Å². The van der Waals surface area contributed by atoms with Gasteiger partial charge in [-0.2, -0.15) is 0 Å². The van der Waals surface area contributed by atoms with Crippen LogP contribution >= 0.6 is 11.6 Å². The molecule has 1 saturated carbocycles. The normalized spacial score (nSPS) is 25.2. The maximum absolute atomic E-state index is 13.3. The number of rotatable bonds is 2. The first-order chi connectivity index (χ1) is 8.06. The second kappa shape index (κ2) is 5.36. The molecule has 0 heterocycles. The van der Waals surface area contributed by atoms with Crippen LogP contribution in [0, 0.1) is 5.82 Å². The van der Waals surface area contributed by atoms with Crippen LogP contribution in [-0.4, -0.2) is 25.0 Å². The Morgan fingerprint density at radius 1 is 1.24 bits per heavy atom. The van der Waals surface area contributed by atoms with Gasteiger partial charge < -0.3 is 4.90 Å². The molecule has 2 unspecified atom stereocenters. The minimum absolute atomic E-state index is 0.223. The number of hydrogen-bond acceptors (Lipinski definition) is 1. The molecule has 0 radical (unpaired) electrons. The lowest BCUT2D eigenvalue weighted by molar-refractivity contribution is 0.213. The highest BCUT2D eigenvalue weighted by molar-refractivity contribution is 6.30. The van der Waals surface area contributed by atoms with Gasteiger partial charge in [-0.05, 0) is 63.0 Å². The molecular formula is C14H19ClFN. The monoisotopic (exact) mass is 255 g/mol. The molecule has 0 N–H and O–H groups in total. The third kappa shape index (κ3) is 3.20.